The lowest BCUT2D eigenvalue weighted by Crippen LogP contribution is -2.43. The highest BCUT2D eigenvalue weighted by atomic mass is 32.2. The molecule has 9 heteroatoms. The third kappa shape index (κ3) is 4.24. The largest absolute Gasteiger partial charge is 0.494 e. The number of hydrogen-bond acceptors (Lipinski definition) is 7. The van der Waals surface area contributed by atoms with Crippen LogP contribution in [0.1, 0.15) is 10.5 Å². The van der Waals surface area contributed by atoms with E-state index < -0.39 is 0 Å². The highest BCUT2D eigenvalue weighted by molar-refractivity contribution is 7.98. The zero-order chi connectivity index (χ0) is 22.8. The van der Waals surface area contributed by atoms with Crippen LogP contribution in [0.4, 0.5) is 11.4 Å². The van der Waals surface area contributed by atoms with E-state index in [0.717, 1.165) is 47.5 Å². The van der Waals surface area contributed by atoms with Crippen LogP contribution in [-0.4, -0.2) is 58.0 Å². The van der Waals surface area contributed by atoms with Crippen molar-refractivity contribution in [2.24, 2.45) is 0 Å². The topological polar surface area (TPSA) is 95.3 Å². The first kappa shape index (κ1) is 21.3. The Labute approximate surface area is 195 Å². The predicted molar refractivity (Wildman–Crippen MR) is 132 cm³/mol. The van der Waals surface area contributed by atoms with Crippen LogP contribution in [0.3, 0.4) is 0 Å². The molecule has 1 aliphatic heterocycles. The highest BCUT2D eigenvalue weighted by Crippen LogP contribution is 2.32. The van der Waals surface area contributed by atoms with Crippen molar-refractivity contribution in [3.8, 4) is 11.7 Å². The van der Waals surface area contributed by atoms with Gasteiger partial charge in [0.2, 0.25) is 5.88 Å². The molecule has 4 aromatic rings. The van der Waals surface area contributed by atoms with Crippen LogP contribution < -0.4 is 15.5 Å². The molecule has 0 aliphatic carbocycles. The van der Waals surface area contributed by atoms with Gasteiger partial charge in [0, 0.05) is 54.2 Å². The second-order valence-electron chi connectivity index (χ2n) is 7.74. The number of nitrogens with one attached hydrogen (secondary N) is 2. The Morgan fingerprint density at radius 2 is 2.03 bits per heavy atom. The molecule has 0 atom stereocenters. The van der Waals surface area contributed by atoms with Crippen LogP contribution >= 0.6 is 11.8 Å². The molecule has 0 saturated carbocycles. The third-order valence-electron chi connectivity index (χ3n) is 5.72. The number of carbonyl (C=O) groups excluding carboxylic acids is 1. The zero-order valence-corrected chi connectivity index (χ0v) is 19.0. The van der Waals surface area contributed by atoms with Crippen LogP contribution in [0.15, 0.2) is 66.0 Å². The average molecular weight is 461 g/mol. The van der Waals surface area contributed by atoms with Crippen LogP contribution in [-0.2, 0) is 0 Å². The number of aromatic nitrogens is 3. The summed E-state index contributed by atoms with van der Waals surface area (Å²) in [5.41, 5.74) is 1.84. The molecule has 33 heavy (non-hydrogen) atoms. The van der Waals surface area contributed by atoms with Gasteiger partial charge in [-0.1, -0.05) is 12.1 Å². The molecule has 8 nitrogen and oxygen atoms in total. The van der Waals surface area contributed by atoms with Crippen molar-refractivity contribution in [3.63, 3.8) is 0 Å². The van der Waals surface area contributed by atoms with Gasteiger partial charge in [-0.05, 0) is 36.6 Å². The molecular weight excluding hydrogens is 436 g/mol. The molecule has 1 saturated heterocycles. The van der Waals surface area contributed by atoms with E-state index in [1.807, 2.05) is 36.7 Å². The molecule has 0 bridgehead atoms. The summed E-state index contributed by atoms with van der Waals surface area (Å²) < 4.78 is 1.60. The number of piperazine rings is 1. The van der Waals surface area contributed by atoms with Gasteiger partial charge in [-0.3, -0.25) is 14.3 Å². The van der Waals surface area contributed by atoms with E-state index in [1.165, 1.54) is 0 Å². The van der Waals surface area contributed by atoms with Gasteiger partial charge in [0.15, 0.2) is 0 Å². The van der Waals surface area contributed by atoms with Crippen molar-refractivity contribution in [2.75, 3.05) is 42.7 Å². The molecule has 3 aromatic heterocycles. The third-order valence-corrected chi connectivity index (χ3v) is 6.44. The highest BCUT2D eigenvalue weighted by Gasteiger charge is 2.18. The molecular formula is C24H24N6O2S. The number of anilines is 2. The van der Waals surface area contributed by atoms with Gasteiger partial charge in [0.05, 0.1) is 17.6 Å². The number of amides is 1. The van der Waals surface area contributed by atoms with Crippen molar-refractivity contribution in [2.45, 2.75) is 4.90 Å². The number of benzene rings is 1. The van der Waals surface area contributed by atoms with E-state index in [0.29, 0.717) is 11.5 Å². The van der Waals surface area contributed by atoms with Gasteiger partial charge in [-0.2, -0.15) is 0 Å². The molecule has 5 rings (SSSR count). The maximum atomic E-state index is 13.1. The van der Waals surface area contributed by atoms with Crippen LogP contribution in [0.2, 0.25) is 0 Å². The first-order valence-electron chi connectivity index (χ1n) is 10.7. The van der Waals surface area contributed by atoms with Crippen molar-refractivity contribution in [3.05, 3.63) is 66.7 Å². The molecule has 1 aromatic carbocycles. The average Bonchev–Trinajstić information content (AvgIpc) is 3.20. The van der Waals surface area contributed by atoms with Gasteiger partial charge in [0.1, 0.15) is 11.5 Å². The fourth-order valence-electron chi connectivity index (χ4n) is 4.01. The Balaban J connectivity index is 1.43. The van der Waals surface area contributed by atoms with Crippen LogP contribution in [0.5, 0.6) is 5.88 Å². The molecule has 1 fully saturated rings. The lowest BCUT2D eigenvalue weighted by atomic mass is 10.2. The molecule has 0 spiro atoms. The quantitative estimate of drug-likeness (QED) is 0.392. The van der Waals surface area contributed by atoms with Crippen molar-refractivity contribution < 1.29 is 9.90 Å². The fraction of sp³-hybridized carbons (Fsp3) is 0.208. The van der Waals surface area contributed by atoms with E-state index >= 15 is 0 Å². The number of hydrogen-bond donors (Lipinski definition) is 3. The molecule has 0 radical (unpaired) electrons. The Morgan fingerprint density at radius 1 is 1.18 bits per heavy atom. The number of carbonyl (C=O) groups is 1. The monoisotopic (exact) mass is 460 g/mol. The summed E-state index contributed by atoms with van der Waals surface area (Å²) in [6, 6.07) is 13.0. The Hall–Kier alpha value is -3.56. The van der Waals surface area contributed by atoms with E-state index in [4.69, 9.17) is 0 Å². The van der Waals surface area contributed by atoms with Crippen LogP contribution in [0.25, 0.3) is 16.6 Å². The number of nitrogens with zero attached hydrogens (tertiary/aromatic N) is 4. The van der Waals surface area contributed by atoms with Gasteiger partial charge in [-0.15, -0.1) is 11.8 Å². The van der Waals surface area contributed by atoms with E-state index in [-0.39, 0.29) is 17.5 Å². The van der Waals surface area contributed by atoms with Gasteiger partial charge < -0.3 is 20.6 Å². The van der Waals surface area contributed by atoms with Gasteiger partial charge in [0.25, 0.3) is 5.91 Å². The SMILES string of the molecule is CSc1ccc2cn(-c3cccc(C(=O)Nc4cnccc4N4CCNCC4)n3)c(O)c2c1. The summed E-state index contributed by atoms with van der Waals surface area (Å²) in [4.78, 5) is 25.1. The van der Waals surface area contributed by atoms with Crippen molar-refractivity contribution in [1.82, 2.24) is 19.9 Å². The molecule has 168 valence electrons. The minimum Gasteiger partial charge on any atom is -0.494 e. The first-order chi connectivity index (χ1) is 16.1. The Bertz CT molecular complexity index is 1320. The lowest BCUT2D eigenvalue weighted by molar-refractivity contribution is 0.102. The second-order valence-corrected chi connectivity index (χ2v) is 8.62. The molecule has 1 amide bonds. The fourth-order valence-corrected chi connectivity index (χ4v) is 4.45. The van der Waals surface area contributed by atoms with E-state index in [1.54, 1.807) is 46.9 Å². The maximum Gasteiger partial charge on any atom is 0.274 e. The van der Waals surface area contributed by atoms with E-state index in [9.17, 15) is 9.90 Å². The molecule has 3 N–H and O–H groups in total. The number of pyridine rings is 2. The molecule has 4 heterocycles. The summed E-state index contributed by atoms with van der Waals surface area (Å²) >= 11 is 1.62. The molecule has 1 aliphatic rings. The summed E-state index contributed by atoms with van der Waals surface area (Å²) in [5.74, 6) is 0.233. The Morgan fingerprint density at radius 3 is 2.85 bits per heavy atom. The predicted octanol–water partition coefficient (Wildman–Crippen LogP) is 3.51. The lowest BCUT2D eigenvalue weighted by Gasteiger charge is -2.30. The smallest absolute Gasteiger partial charge is 0.274 e. The van der Waals surface area contributed by atoms with Gasteiger partial charge in [-0.25, -0.2) is 4.98 Å². The number of thioether (sulfide) groups is 1. The number of aromatic hydroxyl groups is 1. The van der Waals surface area contributed by atoms with Crippen LogP contribution in [0, 0.1) is 0 Å². The minimum atomic E-state index is -0.331. The maximum absolute atomic E-state index is 13.1. The number of fused-ring (bicyclic) bond motifs is 1. The van der Waals surface area contributed by atoms with Gasteiger partial charge >= 0.3 is 0 Å². The van der Waals surface area contributed by atoms with Crippen molar-refractivity contribution in [1.29, 1.82) is 0 Å². The van der Waals surface area contributed by atoms with Crippen molar-refractivity contribution >= 4 is 39.8 Å². The second kappa shape index (κ2) is 9.13. The molecule has 0 unspecified atom stereocenters. The minimum absolute atomic E-state index is 0.0965. The zero-order valence-electron chi connectivity index (χ0n) is 18.2. The summed E-state index contributed by atoms with van der Waals surface area (Å²) in [7, 11) is 0. The summed E-state index contributed by atoms with van der Waals surface area (Å²) in [6.07, 6.45) is 7.21. The standard InChI is InChI=1S/C24H24N6O2S/c1-33-17-6-5-16-15-30(24(32)18(16)13-17)22-4-2-3-19(27-22)23(31)28-20-14-26-8-7-21(20)29-11-9-25-10-12-29/h2-8,13-15,25,32H,9-12H2,1H3,(H,28,31). The van der Waals surface area contributed by atoms with E-state index in [2.05, 4.69) is 25.5 Å². The summed E-state index contributed by atoms with van der Waals surface area (Å²) in [6.45, 7) is 3.51. The number of rotatable bonds is 5. The first-order valence-corrected chi connectivity index (χ1v) is 11.9. The normalized spacial score (nSPS) is 13.9. The summed E-state index contributed by atoms with van der Waals surface area (Å²) in [5, 5.41) is 18.7. The Kier molecular flexibility index (Phi) is 5.89.